The molecule has 0 spiro atoms. The highest BCUT2D eigenvalue weighted by molar-refractivity contribution is 7.85. The van der Waals surface area contributed by atoms with Gasteiger partial charge in [0.05, 0.1) is 18.1 Å². The van der Waals surface area contributed by atoms with Crippen LogP contribution in [0.2, 0.25) is 0 Å². The number of ether oxygens (including phenoxy) is 1. The van der Waals surface area contributed by atoms with Gasteiger partial charge in [0.25, 0.3) is 10.1 Å². The maximum Gasteiger partial charge on any atom is 0.294 e. The zero-order valence-corrected chi connectivity index (χ0v) is 10.2. The topological polar surface area (TPSA) is 66.8 Å². The Hall–Kier alpha value is -0.950. The van der Waals surface area contributed by atoms with E-state index >= 15 is 0 Å². The fourth-order valence-electron chi connectivity index (χ4n) is 1.78. The maximum absolute atomic E-state index is 10.9. The molecule has 1 aromatic rings. The smallest absolute Gasteiger partial charge is 0.294 e. The summed E-state index contributed by atoms with van der Waals surface area (Å²) in [5.41, 5.74) is 1.03. The largest absolute Gasteiger partial charge is 0.379 e. The fourth-order valence-corrected chi connectivity index (χ4v) is 2.26. The van der Waals surface area contributed by atoms with Gasteiger partial charge in [0.15, 0.2) is 0 Å². The van der Waals surface area contributed by atoms with Crippen LogP contribution in [0.15, 0.2) is 29.2 Å². The minimum absolute atomic E-state index is 0.0665. The van der Waals surface area contributed by atoms with Crippen molar-refractivity contribution in [1.29, 1.82) is 0 Å². The normalized spacial score (nSPS) is 18.2. The third-order valence-electron chi connectivity index (χ3n) is 2.73. The molecule has 0 aromatic heterocycles. The van der Waals surface area contributed by atoms with E-state index in [1.54, 1.807) is 12.1 Å². The van der Waals surface area contributed by atoms with Crippen LogP contribution in [0, 0.1) is 0 Å². The van der Waals surface area contributed by atoms with Crippen molar-refractivity contribution in [3.8, 4) is 0 Å². The molecule has 0 bridgehead atoms. The van der Waals surface area contributed by atoms with Crippen LogP contribution in [0.1, 0.15) is 5.56 Å². The van der Waals surface area contributed by atoms with Gasteiger partial charge in [-0.05, 0) is 17.7 Å². The van der Waals surface area contributed by atoms with Crippen molar-refractivity contribution < 1.29 is 17.7 Å². The Kier molecular flexibility index (Phi) is 3.78. The van der Waals surface area contributed by atoms with Gasteiger partial charge in [0.2, 0.25) is 0 Å². The molecule has 1 fully saturated rings. The van der Waals surface area contributed by atoms with Crippen LogP contribution in [0.5, 0.6) is 0 Å². The van der Waals surface area contributed by atoms with Crippen molar-refractivity contribution in [3.05, 3.63) is 29.8 Å². The molecule has 94 valence electrons. The van der Waals surface area contributed by atoms with E-state index in [0.29, 0.717) is 0 Å². The molecule has 6 heteroatoms. The quantitative estimate of drug-likeness (QED) is 0.810. The molecule has 1 N–H and O–H groups in total. The van der Waals surface area contributed by atoms with E-state index in [2.05, 4.69) is 4.90 Å². The van der Waals surface area contributed by atoms with E-state index in [9.17, 15) is 8.42 Å². The second-order valence-corrected chi connectivity index (χ2v) is 5.43. The zero-order valence-electron chi connectivity index (χ0n) is 9.37. The lowest BCUT2D eigenvalue weighted by molar-refractivity contribution is 0.0342. The molecular formula is C11H15NO4S. The summed E-state index contributed by atoms with van der Waals surface area (Å²) >= 11 is 0. The molecule has 0 radical (unpaired) electrons. The van der Waals surface area contributed by atoms with Crippen molar-refractivity contribution in [1.82, 2.24) is 4.90 Å². The maximum atomic E-state index is 10.9. The first-order valence-corrected chi connectivity index (χ1v) is 6.86. The average Bonchev–Trinajstić information content (AvgIpc) is 2.30. The Bertz CT molecular complexity index is 463. The highest BCUT2D eigenvalue weighted by Crippen LogP contribution is 2.12. The summed E-state index contributed by atoms with van der Waals surface area (Å²) in [4.78, 5) is 2.18. The molecule has 0 amide bonds. The van der Waals surface area contributed by atoms with Crippen molar-refractivity contribution in [2.75, 3.05) is 26.3 Å². The van der Waals surface area contributed by atoms with Gasteiger partial charge in [-0.25, -0.2) is 0 Å². The molecule has 0 aliphatic carbocycles. The van der Waals surface area contributed by atoms with E-state index in [4.69, 9.17) is 9.29 Å². The van der Waals surface area contributed by atoms with Crippen LogP contribution in [-0.2, 0) is 21.4 Å². The van der Waals surface area contributed by atoms with Crippen molar-refractivity contribution >= 4 is 10.1 Å². The highest BCUT2D eigenvalue weighted by Gasteiger charge is 2.12. The first-order chi connectivity index (χ1) is 8.05. The van der Waals surface area contributed by atoms with Crippen LogP contribution in [0.4, 0.5) is 0 Å². The lowest BCUT2D eigenvalue weighted by Gasteiger charge is -2.26. The summed E-state index contributed by atoms with van der Waals surface area (Å²) in [6, 6.07) is 6.29. The number of rotatable bonds is 3. The van der Waals surface area contributed by atoms with Gasteiger partial charge in [-0.3, -0.25) is 9.45 Å². The van der Waals surface area contributed by atoms with E-state index < -0.39 is 10.1 Å². The SMILES string of the molecule is O=S(=O)(O)c1ccc(CN2CCOCC2)cc1. The van der Waals surface area contributed by atoms with Crippen LogP contribution in [0.25, 0.3) is 0 Å². The van der Waals surface area contributed by atoms with Crippen LogP contribution in [-0.4, -0.2) is 44.2 Å². The van der Waals surface area contributed by atoms with Crippen LogP contribution >= 0.6 is 0 Å². The summed E-state index contributed by atoms with van der Waals surface area (Å²) in [6.07, 6.45) is 0. The predicted octanol–water partition coefficient (Wildman–Crippen LogP) is 0.766. The van der Waals surface area contributed by atoms with Crippen LogP contribution < -0.4 is 0 Å². The van der Waals surface area contributed by atoms with E-state index in [-0.39, 0.29) is 4.90 Å². The first-order valence-electron chi connectivity index (χ1n) is 5.42. The first kappa shape index (κ1) is 12.5. The molecule has 1 saturated heterocycles. The zero-order chi connectivity index (χ0) is 12.3. The molecule has 5 nitrogen and oxygen atoms in total. The Morgan fingerprint density at radius 1 is 1.18 bits per heavy atom. The molecule has 1 aromatic carbocycles. The van der Waals surface area contributed by atoms with Gasteiger partial charge < -0.3 is 4.74 Å². The van der Waals surface area contributed by atoms with Gasteiger partial charge in [-0.2, -0.15) is 8.42 Å². The Morgan fingerprint density at radius 3 is 2.29 bits per heavy atom. The Balaban J connectivity index is 2.03. The van der Waals surface area contributed by atoms with Gasteiger partial charge in [0, 0.05) is 19.6 Å². The minimum atomic E-state index is -4.09. The predicted molar refractivity (Wildman–Crippen MR) is 62.4 cm³/mol. The number of nitrogens with zero attached hydrogens (tertiary/aromatic N) is 1. The highest BCUT2D eigenvalue weighted by atomic mass is 32.2. The van der Waals surface area contributed by atoms with Gasteiger partial charge in [-0.15, -0.1) is 0 Å². The number of hydrogen-bond acceptors (Lipinski definition) is 4. The number of morpholine rings is 1. The molecule has 0 atom stereocenters. The molecule has 17 heavy (non-hydrogen) atoms. The summed E-state index contributed by atoms with van der Waals surface area (Å²) in [6.45, 7) is 4.03. The van der Waals surface area contributed by atoms with Gasteiger partial charge in [0.1, 0.15) is 0 Å². The van der Waals surface area contributed by atoms with Crippen molar-refractivity contribution in [3.63, 3.8) is 0 Å². The summed E-state index contributed by atoms with van der Waals surface area (Å²) in [7, 11) is -4.09. The second kappa shape index (κ2) is 5.14. The third kappa shape index (κ3) is 3.50. The Morgan fingerprint density at radius 2 is 1.76 bits per heavy atom. The molecule has 2 rings (SSSR count). The molecule has 1 aliphatic heterocycles. The summed E-state index contributed by atoms with van der Waals surface area (Å²) < 4.78 is 35.8. The molecule has 0 saturated carbocycles. The molecule has 0 unspecified atom stereocenters. The van der Waals surface area contributed by atoms with E-state index in [0.717, 1.165) is 38.4 Å². The summed E-state index contributed by atoms with van der Waals surface area (Å²) in [5.74, 6) is 0. The van der Waals surface area contributed by atoms with Gasteiger partial charge >= 0.3 is 0 Å². The molecular weight excluding hydrogens is 242 g/mol. The number of hydrogen-bond donors (Lipinski definition) is 1. The average molecular weight is 257 g/mol. The second-order valence-electron chi connectivity index (χ2n) is 4.01. The molecule has 1 aliphatic rings. The fraction of sp³-hybridized carbons (Fsp3) is 0.455. The number of benzene rings is 1. The molecule has 1 heterocycles. The Labute approximate surface area is 101 Å². The lowest BCUT2D eigenvalue weighted by Crippen LogP contribution is -2.35. The lowest BCUT2D eigenvalue weighted by atomic mass is 10.2. The van der Waals surface area contributed by atoms with Crippen LogP contribution in [0.3, 0.4) is 0 Å². The summed E-state index contributed by atoms with van der Waals surface area (Å²) in [5, 5.41) is 0. The monoisotopic (exact) mass is 257 g/mol. The van der Waals surface area contributed by atoms with Crippen molar-refractivity contribution in [2.24, 2.45) is 0 Å². The standard InChI is InChI=1S/C11H15NO4S/c13-17(14,15)11-3-1-10(2-4-11)9-12-5-7-16-8-6-12/h1-4H,5-9H2,(H,13,14,15). The van der Waals surface area contributed by atoms with Crippen molar-refractivity contribution in [2.45, 2.75) is 11.4 Å². The van der Waals surface area contributed by atoms with E-state index in [1.165, 1.54) is 12.1 Å². The third-order valence-corrected chi connectivity index (χ3v) is 3.60. The van der Waals surface area contributed by atoms with Gasteiger partial charge in [-0.1, -0.05) is 12.1 Å². The van der Waals surface area contributed by atoms with E-state index in [1.807, 2.05) is 0 Å². The minimum Gasteiger partial charge on any atom is -0.379 e.